The highest BCUT2D eigenvalue weighted by Gasteiger charge is 2.31. The molecular weight excluding hydrogens is 272 g/mol. The second-order valence-electron chi connectivity index (χ2n) is 6.87. The maximum atomic E-state index is 11.9. The molecule has 2 amide bonds. The monoisotopic (exact) mass is 302 g/mol. The molecule has 1 fully saturated rings. The molecule has 1 aliphatic carbocycles. The van der Waals surface area contributed by atoms with Gasteiger partial charge in [0, 0.05) is 23.3 Å². The minimum absolute atomic E-state index is 0.110. The van der Waals surface area contributed by atoms with Gasteiger partial charge in [0.05, 0.1) is 6.10 Å². The Morgan fingerprint density at radius 2 is 2.05 bits per heavy atom. The van der Waals surface area contributed by atoms with Gasteiger partial charge in [-0.25, -0.2) is 4.79 Å². The first-order valence-electron chi connectivity index (χ1n) is 7.51. The Labute approximate surface area is 127 Å². The molecule has 0 bridgehead atoms. The highest BCUT2D eigenvalue weighted by atomic mass is 32.2. The molecule has 0 spiro atoms. The molecule has 0 aromatic rings. The Morgan fingerprint density at radius 3 is 2.55 bits per heavy atom. The molecule has 0 heterocycles. The van der Waals surface area contributed by atoms with Gasteiger partial charge in [0.15, 0.2) is 0 Å². The first-order valence-corrected chi connectivity index (χ1v) is 8.80. The molecule has 4 nitrogen and oxygen atoms in total. The number of amides is 2. The Morgan fingerprint density at radius 1 is 1.40 bits per heavy atom. The molecule has 118 valence electrons. The van der Waals surface area contributed by atoms with Crippen LogP contribution in [0.4, 0.5) is 4.79 Å². The predicted octanol–water partition coefficient (Wildman–Crippen LogP) is 2.61. The molecule has 0 radical (unpaired) electrons. The lowest BCUT2D eigenvalue weighted by molar-refractivity contribution is 0.0151. The summed E-state index contributed by atoms with van der Waals surface area (Å²) in [6.07, 6.45) is 5.02. The highest BCUT2D eigenvalue weighted by Crippen LogP contribution is 2.28. The summed E-state index contributed by atoms with van der Waals surface area (Å²) >= 11 is 1.88. The van der Waals surface area contributed by atoms with Crippen molar-refractivity contribution in [2.75, 3.05) is 12.8 Å². The highest BCUT2D eigenvalue weighted by molar-refractivity contribution is 7.99. The molecule has 1 aliphatic rings. The molecule has 0 aromatic carbocycles. The zero-order chi connectivity index (χ0) is 15.3. The van der Waals surface area contributed by atoms with Gasteiger partial charge in [-0.15, -0.1) is 0 Å². The molecule has 3 unspecified atom stereocenters. The number of aliphatic hydroxyl groups is 1. The van der Waals surface area contributed by atoms with Crippen LogP contribution < -0.4 is 10.6 Å². The number of hydrogen-bond donors (Lipinski definition) is 3. The van der Waals surface area contributed by atoms with Crippen molar-refractivity contribution >= 4 is 17.8 Å². The lowest BCUT2D eigenvalue weighted by atomic mass is 9.81. The zero-order valence-corrected chi connectivity index (χ0v) is 14.2. The predicted molar refractivity (Wildman–Crippen MR) is 86.1 cm³/mol. The molecule has 0 aliphatic heterocycles. The van der Waals surface area contributed by atoms with E-state index < -0.39 is 6.10 Å². The zero-order valence-electron chi connectivity index (χ0n) is 13.4. The van der Waals surface area contributed by atoms with Crippen LogP contribution in [0.5, 0.6) is 0 Å². The van der Waals surface area contributed by atoms with Crippen LogP contribution in [0, 0.1) is 11.3 Å². The number of urea groups is 1. The first-order chi connectivity index (χ1) is 9.26. The second-order valence-corrected chi connectivity index (χ2v) is 8.01. The third-order valence-corrected chi connectivity index (χ3v) is 5.28. The van der Waals surface area contributed by atoms with E-state index in [0.29, 0.717) is 17.8 Å². The third-order valence-electron chi connectivity index (χ3n) is 4.19. The number of thioether (sulfide) groups is 1. The summed E-state index contributed by atoms with van der Waals surface area (Å²) in [7, 11) is 0. The minimum Gasteiger partial charge on any atom is -0.392 e. The average Bonchev–Trinajstić information content (AvgIpc) is 2.83. The van der Waals surface area contributed by atoms with Gasteiger partial charge in [0.1, 0.15) is 0 Å². The molecule has 1 rings (SSSR count). The van der Waals surface area contributed by atoms with Crippen molar-refractivity contribution < 1.29 is 9.90 Å². The van der Waals surface area contributed by atoms with Crippen molar-refractivity contribution in [3.8, 4) is 0 Å². The summed E-state index contributed by atoms with van der Waals surface area (Å²) in [4.78, 5) is 11.9. The Hall–Kier alpha value is -0.420. The van der Waals surface area contributed by atoms with E-state index in [2.05, 4.69) is 16.9 Å². The normalized spacial score (nSPS) is 24.8. The van der Waals surface area contributed by atoms with E-state index in [4.69, 9.17) is 0 Å². The van der Waals surface area contributed by atoms with Gasteiger partial charge in [-0.2, -0.15) is 11.8 Å². The lowest BCUT2D eigenvalue weighted by Gasteiger charge is -2.33. The van der Waals surface area contributed by atoms with Gasteiger partial charge in [0.25, 0.3) is 0 Å². The molecule has 3 atom stereocenters. The van der Waals surface area contributed by atoms with E-state index in [-0.39, 0.29) is 17.4 Å². The molecule has 0 aromatic heterocycles. The van der Waals surface area contributed by atoms with Crippen molar-refractivity contribution in [1.82, 2.24) is 10.6 Å². The Bertz CT molecular complexity index is 321. The summed E-state index contributed by atoms with van der Waals surface area (Å²) in [6.45, 7) is 8.44. The van der Waals surface area contributed by atoms with Crippen molar-refractivity contribution in [3.63, 3.8) is 0 Å². The number of aliphatic hydroxyl groups excluding tert-OH is 1. The summed E-state index contributed by atoms with van der Waals surface area (Å²) < 4.78 is 0. The van der Waals surface area contributed by atoms with Crippen molar-refractivity contribution in [3.05, 3.63) is 0 Å². The quantitative estimate of drug-likeness (QED) is 0.707. The van der Waals surface area contributed by atoms with Gasteiger partial charge >= 0.3 is 6.03 Å². The molecular formula is C15H30N2O2S. The fourth-order valence-corrected chi connectivity index (χ4v) is 3.63. The van der Waals surface area contributed by atoms with Crippen LogP contribution in [0.3, 0.4) is 0 Å². The largest absolute Gasteiger partial charge is 0.392 e. The number of carbonyl (C=O) groups excluding carboxylic acids is 1. The molecule has 20 heavy (non-hydrogen) atoms. The number of carbonyl (C=O) groups is 1. The van der Waals surface area contributed by atoms with Gasteiger partial charge in [-0.05, 0) is 31.4 Å². The van der Waals surface area contributed by atoms with Gasteiger partial charge in [0.2, 0.25) is 0 Å². The van der Waals surface area contributed by atoms with Crippen molar-refractivity contribution in [2.24, 2.45) is 11.3 Å². The van der Waals surface area contributed by atoms with E-state index in [1.54, 1.807) is 0 Å². The van der Waals surface area contributed by atoms with Crippen molar-refractivity contribution in [2.45, 2.75) is 64.4 Å². The summed E-state index contributed by atoms with van der Waals surface area (Å²) in [5, 5.41) is 16.8. The maximum absolute atomic E-state index is 11.9. The van der Waals surface area contributed by atoms with E-state index >= 15 is 0 Å². The van der Waals surface area contributed by atoms with E-state index in [1.807, 2.05) is 39.5 Å². The Kier molecular flexibility index (Phi) is 6.65. The van der Waals surface area contributed by atoms with Crippen LogP contribution in [-0.2, 0) is 0 Å². The van der Waals surface area contributed by atoms with Gasteiger partial charge < -0.3 is 15.7 Å². The summed E-state index contributed by atoms with van der Waals surface area (Å²) in [5.41, 5.74) is -0.316. The fourth-order valence-electron chi connectivity index (χ4n) is 2.84. The molecule has 0 saturated heterocycles. The SMILES string of the molecule is CSC1CCC(NC(=O)NCC(C)(C)C(O)C(C)C)C1. The standard InChI is InChI=1S/C15H30N2O2S/c1-10(2)13(18)15(3,4)9-16-14(19)17-11-6-7-12(8-11)20-5/h10-13,18H,6-9H2,1-5H3,(H2,16,17,19). The number of nitrogens with one attached hydrogen (secondary N) is 2. The van der Waals surface area contributed by atoms with Gasteiger partial charge in [-0.1, -0.05) is 27.7 Å². The van der Waals surface area contributed by atoms with Gasteiger partial charge in [-0.3, -0.25) is 0 Å². The van der Waals surface area contributed by atoms with E-state index in [1.165, 1.54) is 6.42 Å². The van der Waals surface area contributed by atoms with E-state index in [9.17, 15) is 9.90 Å². The fraction of sp³-hybridized carbons (Fsp3) is 0.933. The average molecular weight is 302 g/mol. The molecule has 3 N–H and O–H groups in total. The van der Waals surface area contributed by atoms with Crippen LogP contribution in [0.25, 0.3) is 0 Å². The van der Waals surface area contributed by atoms with Crippen LogP contribution >= 0.6 is 11.8 Å². The topological polar surface area (TPSA) is 61.4 Å². The molecule has 5 heteroatoms. The van der Waals surface area contributed by atoms with Crippen LogP contribution in [0.2, 0.25) is 0 Å². The first kappa shape index (κ1) is 17.6. The maximum Gasteiger partial charge on any atom is 0.315 e. The number of rotatable bonds is 6. The third kappa shape index (κ3) is 5.17. The molecule has 1 saturated carbocycles. The van der Waals surface area contributed by atoms with Crippen LogP contribution in [0.15, 0.2) is 0 Å². The van der Waals surface area contributed by atoms with E-state index in [0.717, 1.165) is 12.8 Å². The summed E-state index contributed by atoms with van der Waals surface area (Å²) in [5.74, 6) is 0.187. The van der Waals surface area contributed by atoms with Crippen molar-refractivity contribution in [1.29, 1.82) is 0 Å². The number of hydrogen-bond acceptors (Lipinski definition) is 3. The second kappa shape index (κ2) is 7.55. The van der Waals surface area contributed by atoms with Crippen LogP contribution in [-0.4, -0.2) is 41.3 Å². The lowest BCUT2D eigenvalue weighted by Crippen LogP contribution is -2.48. The van der Waals surface area contributed by atoms with Crippen LogP contribution in [0.1, 0.15) is 47.0 Å². The Balaban J connectivity index is 2.33. The smallest absolute Gasteiger partial charge is 0.315 e. The summed E-state index contributed by atoms with van der Waals surface area (Å²) in [6, 6.07) is 0.186. The minimum atomic E-state index is -0.421.